The van der Waals surface area contributed by atoms with E-state index in [-0.39, 0.29) is 16.9 Å². The van der Waals surface area contributed by atoms with Crippen LogP contribution in [0.2, 0.25) is 5.02 Å². The summed E-state index contributed by atoms with van der Waals surface area (Å²) in [6.07, 6.45) is -3.74. The zero-order valence-electron chi connectivity index (χ0n) is 16.8. The van der Waals surface area contributed by atoms with Gasteiger partial charge in [0.05, 0.1) is 10.6 Å². The Bertz CT molecular complexity index is 1130. The van der Waals surface area contributed by atoms with Crippen LogP contribution in [0, 0.1) is 0 Å². The number of hydrogen-bond acceptors (Lipinski definition) is 6. The van der Waals surface area contributed by atoms with Gasteiger partial charge in [0, 0.05) is 50.7 Å². The summed E-state index contributed by atoms with van der Waals surface area (Å²) < 4.78 is 40.0. The summed E-state index contributed by atoms with van der Waals surface area (Å²) in [5.41, 5.74) is 0.442. The number of alkyl halides is 3. The van der Waals surface area contributed by atoms with Crippen molar-refractivity contribution in [1.29, 1.82) is 0 Å². The molecule has 0 spiro atoms. The fourth-order valence-corrected chi connectivity index (χ4v) is 3.64. The van der Waals surface area contributed by atoms with Gasteiger partial charge in [-0.15, -0.1) is 5.10 Å². The fourth-order valence-electron chi connectivity index (χ4n) is 3.35. The Morgan fingerprint density at radius 2 is 1.91 bits per heavy atom. The van der Waals surface area contributed by atoms with Gasteiger partial charge in [-0.2, -0.15) is 13.2 Å². The number of aryl methyl sites for hydroxylation is 1. The smallest absolute Gasteiger partial charge is 0.352 e. The van der Waals surface area contributed by atoms with Gasteiger partial charge in [0.15, 0.2) is 5.82 Å². The number of benzene rings is 1. The largest absolute Gasteiger partial charge is 0.417 e. The normalized spacial score (nSPS) is 14.5. The van der Waals surface area contributed by atoms with Gasteiger partial charge in [0.1, 0.15) is 5.82 Å². The lowest BCUT2D eigenvalue weighted by atomic mass is 10.2. The van der Waals surface area contributed by atoms with Gasteiger partial charge >= 0.3 is 12.2 Å². The Labute approximate surface area is 185 Å². The maximum Gasteiger partial charge on any atom is 0.417 e. The number of halogens is 4. The van der Waals surface area contributed by atoms with Crippen LogP contribution in [-0.4, -0.2) is 62.3 Å². The minimum atomic E-state index is -4.51. The second kappa shape index (κ2) is 8.61. The maximum atomic E-state index is 12.8. The molecule has 168 valence electrons. The Balaban J connectivity index is 1.38. The van der Waals surface area contributed by atoms with E-state index in [4.69, 9.17) is 11.6 Å². The first-order valence-electron chi connectivity index (χ1n) is 9.59. The summed E-state index contributed by atoms with van der Waals surface area (Å²) in [4.78, 5) is 19.9. The van der Waals surface area contributed by atoms with Gasteiger partial charge in [-0.05, 0) is 28.6 Å². The number of tetrazole rings is 1. The average Bonchev–Trinajstić information content (AvgIpc) is 3.19. The van der Waals surface area contributed by atoms with Crippen LogP contribution in [0.5, 0.6) is 0 Å². The van der Waals surface area contributed by atoms with Crippen molar-refractivity contribution in [3.63, 3.8) is 0 Å². The number of rotatable bonds is 3. The molecule has 2 amide bonds. The van der Waals surface area contributed by atoms with Crippen molar-refractivity contribution in [1.82, 2.24) is 30.1 Å². The lowest BCUT2D eigenvalue weighted by Gasteiger charge is -2.35. The van der Waals surface area contributed by atoms with Crippen molar-refractivity contribution in [2.24, 2.45) is 7.05 Å². The molecule has 3 aromatic rings. The number of nitrogens with zero attached hydrogens (tertiary/aromatic N) is 7. The zero-order chi connectivity index (χ0) is 22.9. The zero-order valence-corrected chi connectivity index (χ0v) is 17.6. The summed E-state index contributed by atoms with van der Waals surface area (Å²) in [7, 11) is 1.72. The van der Waals surface area contributed by atoms with Crippen molar-refractivity contribution in [3.05, 3.63) is 47.1 Å². The first kappa shape index (κ1) is 21.8. The van der Waals surface area contributed by atoms with Crippen LogP contribution < -0.4 is 10.2 Å². The molecule has 0 saturated carbocycles. The molecule has 3 heterocycles. The molecule has 1 aliphatic rings. The van der Waals surface area contributed by atoms with E-state index < -0.39 is 11.7 Å². The first-order chi connectivity index (χ1) is 15.2. The molecule has 1 N–H and O–H groups in total. The molecule has 1 fully saturated rings. The molecule has 2 aromatic heterocycles. The minimum absolute atomic E-state index is 0.0761. The van der Waals surface area contributed by atoms with E-state index in [1.165, 1.54) is 4.68 Å². The number of carbonyl (C=O) groups is 1. The summed E-state index contributed by atoms with van der Waals surface area (Å²) in [5.74, 6) is 0.834. The predicted molar refractivity (Wildman–Crippen MR) is 111 cm³/mol. The Morgan fingerprint density at radius 1 is 1.16 bits per heavy atom. The Kier molecular flexibility index (Phi) is 5.87. The molecule has 0 radical (unpaired) electrons. The second-order valence-electron chi connectivity index (χ2n) is 7.14. The van der Waals surface area contributed by atoms with Crippen molar-refractivity contribution in [2.75, 3.05) is 36.4 Å². The van der Waals surface area contributed by atoms with Crippen LogP contribution in [0.4, 0.5) is 29.5 Å². The number of nitrogens with one attached hydrogen (secondary N) is 1. The lowest BCUT2D eigenvalue weighted by Crippen LogP contribution is -2.50. The van der Waals surface area contributed by atoms with Crippen LogP contribution in [0.25, 0.3) is 11.4 Å². The van der Waals surface area contributed by atoms with E-state index in [0.717, 1.165) is 17.8 Å². The number of pyridine rings is 1. The third-order valence-electron chi connectivity index (χ3n) is 5.01. The van der Waals surface area contributed by atoms with Gasteiger partial charge in [-0.25, -0.2) is 14.5 Å². The van der Waals surface area contributed by atoms with E-state index in [1.807, 2.05) is 6.07 Å². The molecule has 0 unspecified atom stereocenters. The Hall–Kier alpha value is -3.41. The molecular weight excluding hydrogens is 449 g/mol. The molecule has 0 bridgehead atoms. The van der Waals surface area contributed by atoms with Gasteiger partial charge in [-0.3, -0.25) is 0 Å². The number of hydrogen-bond donors (Lipinski definition) is 1. The molecule has 4 rings (SSSR count). The molecule has 0 atom stereocenters. The number of urea groups is 1. The number of amides is 2. The maximum absolute atomic E-state index is 12.8. The molecule has 9 nitrogen and oxygen atoms in total. The van der Waals surface area contributed by atoms with Crippen molar-refractivity contribution >= 4 is 29.1 Å². The van der Waals surface area contributed by atoms with Gasteiger partial charge in [0.2, 0.25) is 0 Å². The van der Waals surface area contributed by atoms with Gasteiger partial charge < -0.3 is 15.1 Å². The highest BCUT2D eigenvalue weighted by atomic mass is 35.5. The number of piperazine rings is 1. The number of aromatic nitrogens is 5. The van der Waals surface area contributed by atoms with Crippen LogP contribution in [0.15, 0.2) is 36.5 Å². The van der Waals surface area contributed by atoms with E-state index in [1.54, 1.807) is 35.0 Å². The first-order valence-corrected chi connectivity index (χ1v) is 9.96. The van der Waals surface area contributed by atoms with Crippen LogP contribution >= 0.6 is 11.6 Å². The predicted octanol–water partition coefficient (Wildman–Crippen LogP) is 3.30. The SMILES string of the molecule is Cn1nnnc1-c1cccc(NC(=O)N2CCN(c3ncc(C(F)(F)F)cc3Cl)CC2)c1. The summed E-state index contributed by atoms with van der Waals surface area (Å²) in [6, 6.07) is 7.72. The second-order valence-corrected chi connectivity index (χ2v) is 7.55. The van der Waals surface area contributed by atoms with Crippen LogP contribution in [0.1, 0.15) is 5.56 Å². The standard InChI is InChI=1S/C19H18ClF3N8O/c1-29-16(26-27-28-29)12-3-2-4-14(9-12)25-18(32)31-7-5-30(6-8-31)17-15(20)10-13(11-24-17)19(21,22)23/h2-4,9-11H,5-8H2,1H3,(H,25,32). The van der Waals surface area contributed by atoms with E-state index >= 15 is 0 Å². The van der Waals surface area contributed by atoms with Crippen LogP contribution in [0.3, 0.4) is 0 Å². The van der Waals surface area contributed by atoms with E-state index in [9.17, 15) is 18.0 Å². The highest BCUT2D eigenvalue weighted by molar-refractivity contribution is 6.33. The highest BCUT2D eigenvalue weighted by Crippen LogP contribution is 2.33. The molecule has 13 heteroatoms. The van der Waals surface area contributed by atoms with Crippen molar-refractivity contribution < 1.29 is 18.0 Å². The topological polar surface area (TPSA) is 92.1 Å². The fraction of sp³-hybridized carbons (Fsp3) is 0.316. The third-order valence-corrected chi connectivity index (χ3v) is 5.29. The molecule has 1 saturated heterocycles. The van der Waals surface area contributed by atoms with Crippen LogP contribution in [-0.2, 0) is 13.2 Å². The minimum Gasteiger partial charge on any atom is -0.352 e. The molecule has 0 aliphatic carbocycles. The Morgan fingerprint density at radius 3 is 2.53 bits per heavy atom. The van der Waals surface area contributed by atoms with Gasteiger partial charge in [0.25, 0.3) is 0 Å². The highest BCUT2D eigenvalue weighted by Gasteiger charge is 2.32. The summed E-state index contributed by atoms with van der Waals surface area (Å²) >= 11 is 6.03. The molecular formula is C19H18ClF3N8O. The average molecular weight is 467 g/mol. The lowest BCUT2D eigenvalue weighted by molar-refractivity contribution is -0.137. The van der Waals surface area contributed by atoms with Crippen molar-refractivity contribution in [3.8, 4) is 11.4 Å². The van der Waals surface area contributed by atoms with Crippen molar-refractivity contribution in [2.45, 2.75) is 6.18 Å². The molecule has 32 heavy (non-hydrogen) atoms. The summed E-state index contributed by atoms with van der Waals surface area (Å²) in [6.45, 7) is 1.49. The molecule has 1 aliphatic heterocycles. The quantitative estimate of drug-likeness (QED) is 0.637. The monoisotopic (exact) mass is 466 g/mol. The third kappa shape index (κ3) is 4.59. The number of carbonyl (C=O) groups excluding carboxylic acids is 1. The number of anilines is 2. The molecule has 1 aromatic carbocycles. The van der Waals surface area contributed by atoms with Gasteiger partial charge in [-0.1, -0.05) is 23.7 Å². The van der Waals surface area contributed by atoms with E-state index in [2.05, 4.69) is 25.8 Å². The van der Waals surface area contributed by atoms with E-state index in [0.29, 0.717) is 37.7 Å². The summed E-state index contributed by atoms with van der Waals surface area (Å²) in [5, 5.41) is 14.1.